The molecule has 6 nitrogen and oxygen atoms in total. The van der Waals surface area contributed by atoms with Crippen LogP contribution >= 0.6 is 0 Å². The second kappa shape index (κ2) is 6.35. The molecule has 138 valence electrons. The molecule has 1 aromatic rings. The third kappa shape index (κ3) is 3.38. The predicted octanol–water partition coefficient (Wildman–Crippen LogP) is 1.32. The lowest BCUT2D eigenvalue weighted by Gasteiger charge is -2.32. The number of nitrogens with zero attached hydrogens (tertiary/aromatic N) is 1. The summed E-state index contributed by atoms with van der Waals surface area (Å²) in [7, 11) is -4.12. The number of benzene rings is 1. The molecule has 0 atom stereocenters. The molecule has 0 aromatic heterocycles. The van der Waals surface area contributed by atoms with Crippen LogP contribution in [0.2, 0.25) is 0 Å². The number of rotatable bonds is 3. The highest BCUT2D eigenvalue weighted by molar-refractivity contribution is 7.89. The maximum atomic E-state index is 12.9. The van der Waals surface area contributed by atoms with Crippen molar-refractivity contribution >= 4 is 22.6 Å². The van der Waals surface area contributed by atoms with Crippen molar-refractivity contribution in [2.45, 2.75) is 50.7 Å². The molecule has 0 spiro atoms. The van der Waals surface area contributed by atoms with E-state index in [1.165, 1.54) is 4.31 Å². The fourth-order valence-corrected chi connectivity index (χ4v) is 4.38. The van der Waals surface area contributed by atoms with E-state index < -0.39 is 28.3 Å². The third-order valence-electron chi connectivity index (χ3n) is 5.37. The summed E-state index contributed by atoms with van der Waals surface area (Å²) < 4.78 is 44.7. The highest BCUT2D eigenvalue weighted by Crippen LogP contribution is 2.36. The van der Waals surface area contributed by atoms with Gasteiger partial charge in [-0.05, 0) is 52.2 Å². The smallest absolute Gasteiger partial charge is 0.399 e. The van der Waals surface area contributed by atoms with Gasteiger partial charge < -0.3 is 14.0 Å². The molecular weight excluding hydrogens is 341 g/mol. The number of hydrogen-bond donors (Lipinski definition) is 0. The molecule has 0 unspecified atom stereocenters. The summed E-state index contributed by atoms with van der Waals surface area (Å²) in [5.41, 5.74) is 0.763. The Morgan fingerprint density at radius 3 is 2.16 bits per heavy atom. The molecule has 2 fully saturated rings. The maximum absolute atomic E-state index is 12.9. The fourth-order valence-electron chi connectivity index (χ4n) is 2.94. The van der Waals surface area contributed by atoms with Crippen molar-refractivity contribution in [1.82, 2.24) is 4.31 Å². The number of sulfonamides is 1. The van der Waals surface area contributed by atoms with Gasteiger partial charge >= 0.3 is 7.12 Å². The Bertz CT molecular complexity index is 740. The Morgan fingerprint density at radius 2 is 1.60 bits per heavy atom. The minimum Gasteiger partial charge on any atom is -0.399 e. The summed E-state index contributed by atoms with van der Waals surface area (Å²) in [5, 5.41) is 0. The van der Waals surface area contributed by atoms with Gasteiger partial charge in [0.15, 0.2) is 0 Å². The molecule has 1 aromatic carbocycles. The number of hydrogen-bond acceptors (Lipinski definition) is 5. The van der Waals surface area contributed by atoms with Crippen LogP contribution in [-0.4, -0.2) is 57.3 Å². The van der Waals surface area contributed by atoms with E-state index in [4.69, 9.17) is 14.0 Å². The first-order valence-electron chi connectivity index (χ1n) is 8.59. The number of morpholine rings is 1. The first kappa shape index (κ1) is 18.9. The van der Waals surface area contributed by atoms with Crippen molar-refractivity contribution in [1.29, 1.82) is 0 Å². The van der Waals surface area contributed by atoms with E-state index >= 15 is 0 Å². The lowest BCUT2D eigenvalue weighted by molar-refractivity contribution is 0.00578. The molecule has 0 saturated carbocycles. The van der Waals surface area contributed by atoms with Gasteiger partial charge in [-0.15, -0.1) is 0 Å². The first-order valence-corrected chi connectivity index (χ1v) is 10.0. The molecule has 2 aliphatic rings. The Kier molecular flexibility index (Phi) is 4.79. The second-order valence-corrected chi connectivity index (χ2v) is 9.56. The molecule has 8 heteroatoms. The first-order chi connectivity index (χ1) is 11.5. The van der Waals surface area contributed by atoms with E-state index in [2.05, 4.69) is 0 Å². The van der Waals surface area contributed by atoms with E-state index in [-0.39, 0.29) is 4.90 Å². The lowest BCUT2D eigenvalue weighted by atomic mass is 9.76. The summed E-state index contributed by atoms with van der Waals surface area (Å²) in [6, 6.07) is 5.14. The van der Waals surface area contributed by atoms with Gasteiger partial charge in [0.25, 0.3) is 0 Å². The van der Waals surface area contributed by atoms with Crippen molar-refractivity contribution in [2.75, 3.05) is 26.3 Å². The van der Waals surface area contributed by atoms with Crippen LogP contribution in [0.5, 0.6) is 0 Å². The lowest BCUT2D eigenvalue weighted by Crippen LogP contribution is -2.41. The largest absolute Gasteiger partial charge is 0.495 e. The SMILES string of the molecule is Cc1ccc(S(=O)(=O)N2CCOCC2)cc1B1OC(C)(C)C(C)(C)O1. The van der Waals surface area contributed by atoms with E-state index in [1.807, 2.05) is 40.7 Å². The number of ether oxygens (including phenoxy) is 1. The Balaban J connectivity index is 1.94. The zero-order chi connectivity index (χ0) is 18.5. The predicted molar refractivity (Wildman–Crippen MR) is 96.5 cm³/mol. The van der Waals surface area contributed by atoms with Crippen molar-refractivity contribution in [2.24, 2.45) is 0 Å². The van der Waals surface area contributed by atoms with Crippen LogP contribution < -0.4 is 5.46 Å². The number of aryl methyl sites for hydroxylation is 1. The molecule has 2 heterocycles. The van der Waals surface area contributed by atoms with Crippen LogP contribution in [0.25, 0.3) is 0 Å². The quantitative estimate of drug-likeness (QED) is 0.754. The average Bonchev–Trinajstić information content (AvgIpc) is 2.76. The molecule has 0 N–H and O–H groups in total. The average molecular weight is 367 g/mol. The van der Waals surface area contributed by atoms with Gasteiger partial charge in [-0.3, -0.25) is 0 Å². The van der Waals surface area contributed by atoms with Crippen LogP contribution in [0.4, 0.5) is 0 Å². The minimum absolute atomic E-state index is 0.268. The van der Waals surface area contributed by atoms with E-state index in [1.54, 1.807) is 12.1 Å². The molecule has 0 bridgehead atoms. The van der Waals surface area contributed by atoms with Crippen LogP contribution in [0.3, 0.4) is 0 Å². The summed E-state index contributed by atoms with van der Waals surface area (Å²) in [4.78, 5) is 0.268. The summed E-state index contributed by atoms with van der Waals surface area (Å²) >= 11 is 0. The second-order valence-electron chi connectivity index (χ2n) is 7.62. The highest BCUT2D eigenvalue weighted by atomic mass is 32.2. The van der Waals surface area contributed by atoms with E-state index in [0.29, 0.717) is 26.3 Å². The van der Waals surface area contributed by atoms with Crippen molar-refractivity contribution < 1.29 is 22.5 Å². The standard InChI is InChI=1S/C17H26BNO5S/c1-13-6-7-14(25(20,21)19-8-10-22-11-9-19)12-15(13)18-23-16(2,3)17(4,5)24-18/h6-7,12H,8-11H2,1-5H3. The van der Waals surface area contributed by atoms with Gasteiger partial charge in [0.05, 0.1) is 29.3 Å². The third-order valence-corrected chi connectivity index (χ3v) is 7.26. The monoisotopic (exact) mass is 367 g/mol. The topological polar surface area (TPSA) is 65.1 Å². The van der Waals surface area contributed by atoms with E-state index in [9.17, 15) is 8.42 Å². The molecule has 25 heavy (non-hydrogen) atoms. The van der Waals surface area contributed by atoms with Gasteiger partial charge in [-0.1, -0.05) is 11.6 Å². The Labute approximate surface area is 150 Å². The van der Waals surface area contributed by atoms with Crippen LogP contribution in [0, 0.1) is 6.92 Å². The van der Waals surface area contributed by atoms with Gasteiger partial charge in [0.1, 0.15) is 0 Å². The zero-order valence-electron chi connectivity index (χ0n) is 15.5. The van der Waals surface area contributed by atoms with E-state index in [0.717, 1.165) is 11.0 Å². The van der Waals surface area contributed by atoms with Crippen LogP contribution in [-0.2, 0) is 24.1 Å². The summed E-state index contributed by atoms with van der Waals surface area (Å²) in [5.74, 6) is 0. The fraction of sp³-hybridized carbons (Fsp3) is 0.647. The van der Waals surface area contributed by atoms with Crippen molar-refractivity contribution in [3.05, 3.63) is 23.8 Å². The highest BCUT2D eigenvalue weighted by Gasteiger charge is 2.52. The molecule has 2 saturated heterocycles. The molecule has 0 radical (unpaired) electrons. The normalized spacial score (nSPS) is 23.8. The summed E-state index contributed by atoms with van der Waals surface area (Å²) in [6.45, 7) is 11.5. The van der Waals surface area contributed by atoms with Crippen LogP contribution in [0.1, 0.15) is 33.3 Å². The van der Waals surface area contributed by atoms with Gasteiger partial charge in [0.2, 0.25) is 10.0 Å². The Morgan fingerprint density at radius 1 is 1.04 bits per heavy atom. The molecule has 3 rings (SSSR count). The minimum atomic E-state index is -3.55. The van der Waals surface area contributed by atoms with Gasteiger partial charge in [-0.25, -0.2) is 8.42 Å². The molecule has 2 aliphatic heterocycles. The van der Waals surface area contributed by atoms with Gasteiger partial charge in [0, 0.05) is 13.1 Å². The zero-order valence-corrected chi connectivity index (χ0v) is 16.4. The van der Waals surface area contributed by atoms with Crippen LogP contribution in [0.15, 0.2) is 23.1 Å². The molecular formula is C17H26BNO5S. The summed E-state index contributed by atoms with van der Waals surface area (Å²) in [6.07, 6.45) is 0. The Hall–Kier alpha value is -0.925. The van der Waals surface area contributed by atoms with Gasteiger partial charge in [-0.2, -0.15) is 4.31 Å². The van der Waals surface area contributed by atoms with Crippen molar-refractivity contribution in [3.8, 4) is 0 Å². The maximum Gasteiger partial charge on any atom is 0.495 e. The molecule has 0 amide bonds. The van der Waals surface area contributed by atoms with Crippen molar-refractivity contribution in [3.63, 3.8) is 0 Å². The molecule has 0 aliphatic carbocycles.